The molecule has 2 aromatic heterocycles. The van der Waals surface area contributed by atoms with Crippen molar-refractivity contribution < 1.29 is 4.79 Å². The molecular formula is C15H19N3O. The molecule has 0 spiro atoms. The van der Waals surface area contributed by atoms with Gasteiger partial charge in [0.25, 0.3) is 0 Å². The predicted molar refractivity (Wildman–Crippen MR) is 74.2 cm³/mol. The summed E-state index contributed by atoms with van der Waals surface area (Å²) in [5.74, 6) is 0.591. The van der Waals surface area contributed by atoms with Gasteiger partial charge in [-0.1, -0.05) is 6.07 Å². The summed E-state index contributed by atoms with van der Waals surface area (Å²) in [6.45, 7) is 5.39. The third-order valence-corrected chi connectivity index (χ3v) is 3.93. The number of aromatic nitrogens is 2. The van der Waals surface area contributed by atoms with E-state index in [-0.39, 0.29) is 5.91 Å². The van der Waals surface area contributed by atoms with Crippen molar-refractivity contribution in [3.63, 3.8) is 0 Å². The molecule has 0 radical (unpaired) electrons. The molecule has 1 aliphatic heterocycles. The maximum absolute atomic E-state index is 11.6. The SMILES string of the molecule is CC(=O)N1CCC[C@H](c2cccc3nc(C)cn23)C1. The second-order valence-electron chi connectivity index (χ2n) is 5.37. The number of hydrogen-bond acceptors (Lipinski definition) is 2. The summed E-state index contributed by atoms with van der Waals surface area (Å²) in [7, 11) is 0. The third-order valence-electron chi connectivity index (χ3n) is 3.93. The third kappa shape index (κ3) is 2.23. The Labute approximate surface area is 113 Å². The van der Waals surface area contributed by atoms with Crippen molar-refractivity contribution in [3.8, 4) is 0 Å². The Morgan fingerprint density at radius 2 is 2.26 bits per heavy atom. The van der Waals surface area contributed by atoms with Gasteiger partial charge in [-0.2, -0.15) is 0 Å². The maximum atomic E-state index is 11.6. The van der Waals surface area contributed by atoms with E-state index in [0.717, 1.165) is 37.3 Å². The van der Waals surface area contributed by atoms with Crippen molar-refractivity contribution in [1.29, 1.82) is 0 Å². The van der Waals surface area contributed by atoms with Crippen molar-refractivity contribution in [3.05, 3.63) is 35.8 Å². The number of likely N-dealkylation sites (tertiary alicyclic amines) is 1. The summed E-state index contributed by atoms with van der Waals surface area (Å²) in [6.07, 6.45) is 4.30. The Hall–Kier alpha value is -1.84. The molecule has 1 amide bonds. The van der Waals surface area contributed by atoms with Crippen LogP contribution in [-0.2, 0) is 4.79 Å². The van der Waals surface area contributed by atoms with Gasteiger partial charge >= 0.3 is 0 Å². The van der Waals surface area contributed by atoms with E-state index in [4.69, 9.17) is 0 Å². The van der Waals surface area contributed by atoms with Gasteiger partial charge in [0, 0.05) is 37.8 Å². The van der Waals surface area contributed by atoms with Gasteiger partial charge in [0.15, 0.2) is 0 Å². The Kier molecular flexibility index (Phi) is 3.01. The van der Waals surface area contributed by atoms with Gasteiger partial charge in [-0.05, 0) is 31.9 Å². The number of fused-ring (bicyclic) bond motifs is 1. The fraction of sp³-hybridized carbons (Fsp3) is 0.467. The smallest absolute Gasteiger partial charge is 0.219 e. The van der Waals surface area contributed by atoms with Crippen LogP contribution in [0.4, 0.5) is 0 Å². The van der Waals surface area contributed by atoms with Gasteiger partial charge < -0.3 is 9.30 Å². The number of imidazole rings is 1. The Bertz CT molecular complexity index is 617. The number of carbonyl (C=O) groups excluding carboxylic acids is 1. The molecule has 3 rings (SSSR count). The molecule has 4 heteroatoms. The van der Waals surface area contributed by atoms with E-state index in [1.165, 1.54) is 5.69 Å². The van der Waals surface area contributed by atoms with E-state index >= 15 is 0 Å². The van der Waals surface area contributed by atoms with Crippen molar-refractivity contribution >= 4 is 11.6 Å². The van der Waals surface area contributed by atoms with Crippen LogP contribution in [0, 0.1) is 6.92 Å². The van der Waals surface area contributed by atoms with Crippen LogP contribution in [0.1, 0.15) is 37.1 Å². The number of carbonyl (C=O) groups is 1. The van der Waals surface area contributed by atoms with Crippen LogP contribution in [0.25, 0.3) is 5.65 Å². The van der Waals surface area contributed by atoms with Gasteiger partial charge in [-0.3, -0.25) is 4.79 Å². The van der Waals surface area contributed by atoms with E-state index in [1.54, 1.807) is 6.92 Å². The van der Waals surface area contributed by atoms with Crippen LogP contribution < -0.4 is 0 Å². The lowest BCUT2D eigenvalue weighted by molar-refractivity contribution is -0.130. The molecule has 0 bridgehead atoms. The molecule has 100 valence electrons. The zero-order chi connectivity index (χ0) is 13.4. The lowest BCUT2D eigenvalue weighted by Crippen LogP contribution is -2.38. The fourth-order valence-electron chi connectivity index (χ4n) is 2.99. The number of hydrogen-bond donors (Lipinski definition) is 0. The highest BCUT2D eigenvalue weighted by molar-refractivity contribution is 5.73. The van der Waals surface area contributed by atoms with E-state index in [0.29, 0.717) is 5.92 Å². The van der Waals surface area contributed by atoms with Crippen molar-refractivity contribution in [2.75, 3.05) is 13.1 Å². The molecule has 0 saturated carbocycles. The van der Waals surface area contributed by atoms with Crippen LogP contribution in [0.2, 0.25) is 0 Å². The van der Waals surface area contributed by atoms with Gasteiger partial charge in [-0.15, -0.1) is 0 Å². The number of amides is 1. The summed E-state index contributed by atoms with van der Waals surface area (Å²) in [5, 5.41) is 0. The fourth-order valence-corrected chi connectivity index (χ4v) is 2.99. The second kappa shape index (κ2) is 4.68. The van der Waals surface area contributed by atoms with Crippen LogP contribution in [0.3, 0.4) is 0 Å². The highest BCUT2D eigenvalue weighted by Crippen LogP contribution is 2.27. The number of nitrogens with zero attached hydrogens (tertiary/aromatic N) is 3. The number of pyridine rings is 1. The molecule has 19 heavy (non-hydrogen) atoms. The van der Waals surface area contributed by atoms with Crippen LogP contribution in [-0.4, -0.2) is 33.3 Å². The first-order chi connectivity index (χ1) is 9.15. The number of rotatable bonds is 1. The standard InChI is InChI=1S/C15H19N3O/c1-11-9-18-14(6-3-7-15(18)16-11)13-5-4-8-17(10-13)12(2)19/h3,6-7,9,13H,4-5,8,10H2,1-2H3/t13-/m0/s1. The van der Waals surface area contributed by atoms with E-state index in [2.05, 4.69) is 27.7 Å². The lowest BCUT2D eigenvalue weighted by atomic mass is 9.94. The highest BCUT2D eigenvalue weighted by atomic mass is 16.2. The van der Waals surface area contributed by atoms with Gasteiger partial charge in [0.05, 0.1) is 5.69 Å². The molecule has 1 fully saturated rings. The van der Waals surface area contributed by atoms with E-state index in [1.807, 2.05) is 17.9 Å². The molecule has 4 nitrogen and oxygen atoms in total. The van der Waals surface area contributed by atoms with E-state index in [9.17, 15) is 4.79 Å². The molecule has 0 N–H and O–H groups in total. The molecule has 0 aliphatic carbocycles. The molecule has 1 saturated heterocycles. The largest absolute Gasteiger partial charge is 0.342 e. The minimum atomic E-state index is 0.179. The average molecular weight is 257 g/mol. The zero-order valence-electron chi connectivity index (χ0n) is 11.5. The van der Waals surface area contributed by atoms with Crippen molar-refractivity contribution in [2.24, 2.45) is 0 Å². The molecule has 2 aromatic rings. The summed E-state index contributed by atoms with van der Waals surface area (Å²) in [5.41, 5.74) is 3.30. The number of aryl methyl sites for hydroxylation is 1. The highest BCUT2D eigenvalue weighted by Gasteiger charge is 2.24. The molecule has 3 heterocycles. The molecule has 0 aromatic carbocycles. The topological polar surface area (TPSA) is 37.6 Å². The molecule has 1 atom stereocenters. The Morgan fingerprint density at radius 3 is 3.05 bits per heavy atom. The van der Waals surface area contributed by atoms with Crippen molar-refractivity contribution in [1.82, 2.24) is 14.3 Å². The summed E-state index contributed by atoms with van der Waals surface area (Å²) in [4.78, 5) is 18.0. The predicted octanol–water partition coefficient (Wildman–Crippen LogP) is 2.37. The maximum Gasteiger partial charge on any atom is 0.219 e. The van der Waals surface area contributed by atoms with Gasteiger partial charge in [0.1, 0.15) is 5.65 Å². The van der Waals surface area contributed by atoms with Crippen LogP contribution in [0.5, 0.6) is 0 Å². The van der Waals surface area contributed by atoms with Crippen LogP contribution >= 0.6 is 0 Å². The minimum Gasteiger partial charge on any atom is -0.342 e. The average Bonchev–Trinajstić information content (AvgIpc) is 2.78. The van der Waals surface area contributed by atoms with Gasteiger partial charge in [-0.25, -0.2) is 4.98 Å². The van der Waals surface area contributed by atoms with E-state index < -0.39 is 0 Å². The molecule has 0 unspecified atom stereocenters. The number of piperidine rings is 1. The Morgan fingerprint density at radius 1 is 1.42 bits per heavy atom. The second-order valence-corrected chi connectivity index (χ2v) is 5.37. The van der Waals surface area contributed by atoms with Gasteiger partial charge in [0.2, 0.25) is 5.91 Å². The zero-order valence-corrected chi connectivity index (χ0v) is 11.5. The van der Waals surface area contributed by atoms with Crippen LogP contribution in [0.15, 0.2) is 24.4 Å². The molecule has 1 aliphatic rings. The summed E-state index contributed by atoms with van der Waals surface area (Å²) < 4.78 is 2.17. The molecular weight excluding hydrogens is 238 g/mol. The summed E-state index contributed by atoms with van der Waals surface area (Å²) in [6, 6.07) is 6.24. The van der Waals surface area contributed by atoms with Crippen molar-refractivity contribution in [2.45, 2.75) is 32.6 Å². The first-order valence-electron chi connectivity index (χ1n) is 6.85. The Balaban J connectivity index is 1.97. The quantitative estimate of drug-likeness (QED) is 0.786. The monoisotopic (exact) mass is 257 g/mol. The first kappa shape index (κ1) is 12.2. The first-order valence-corrected chi connectivity index (χ1v) is 6.85. The minimum absolute atomic E-state index is 0.179. The summed E-state index contributed by atoms with van der Waals surface area (Å²) >= 11 is 0. The normalized spacial score (nSPS) is 19.9. The lowest BCUT2D eigenvalue weighted by Gasteiger charge is -2.32.